The minimum Gasteiger partial charge on any atom is -0.494 e. The van der Waals surface area contributed by atoms with Crippen LogP contribution in [0.3, 0.4) is 0 Å². The second-order valence-corrected chi connectivity index (χ2v) is 9.91. The molecule has 1 saturated carbocycles. The van der Waals surface area contributed by atoms with Crippen molar-refractivity contribution in [3.8, 4) is 40.1 Å². The van der Waals surface area contributed by atoms with Crippen molar-refractivity contribution < 1.29 is 9.53 Å². The van der Waals surface area contributed by atoms with E-state index in [-0.39, 0.29) is 5.91 Å². The number of fused-ring (bicyclic) bond motifs is 1. The van der Waals surface area contributed by atoms with Gasteiger partial charge in [0.05, 0.1) is 19.5 Å². The van der Waals surface area contributed by atoms with E-state index in [9.17, 15) is 4.79 Å². The van der Waals surface area contributed by atoms with E-state index in [1.807, 2.05) is 25.1 Å². The fourth-order valence-corrected chi connectivity index (χ4v) is 4.69. The quantitative estimate of drug-likeness (QED) is 0.340. The third-order valence-corrected chi connectivity index (χ3v) is 6.82. The van der Waals surface area contributed by atoms with Gasteiger partial charge in [0.2, 0.25) is 0 Å². The lowest BCUT2D eigenvalue weighted by Crippen LogP contribution is -2.13. The maximum absolute atomic E-state index is 13.6. The highest BCUT2D eigenvalue weighted by Crippen LogP contribution is 2.35. The molecule has 1 N–H and O–H groups in total. The number of ether oxygens (including phenoxy) is 1. The second-order valence-electron chi connectivity index (χ2n) is 8.93. The Labute approximate surface area is 222 Å². The number of nitrogens with zero attached hydrogens (tertiary/aromatic N) is 7. The van der Waals surface area contributed by atoms with Crippen molar-refractivity contribution in [3.05, 3.63) is 59.9 Å². The standard InChI is InChI=1S/C27H22N8O2S/c1-15-10-21(22(37-3)13-28-15)20-11-17(23-30-14-35(2)34-23)7-9-19(20)25(36)33-27-32-24-26(38-27)31-18(12-29-24)8-6-16-4-5-16/h7,9-14,16H,4-5H2,1-3H3,(H,29,32,33,36). The van der Waals surface area contributed by atoms with Crippen LogP contribution >= 0.6 is 11.3 Å². The number of anilines is 1. The number of carbonyl (C=O) groups excluding carboxylic acids is 1. The number of amides is 1. The Kier molecular flexibility index (Phi) is 6.01. The molecule has 0 atom stereocenters. The highest BCUT2D eigenvalue weighted by Gasteiger charge is 2.21. The lowest BCUT2D eigenvalue weighted by molar-refractivity contribution is 0.102. The van der Waals surface area contributed by atoms with Crippen LogP contribution in [0.25, 0.3) is 33.0 Å². The zero-order valence-corrected chi connectivity index (χ0v) is 21.7. The predicted molar refractivity (Wildman–Crippen MR) is 144 cm³/mol. The summed E-state index contributed by atoms with van der Waals surface area (Å²) in [4.78, 5) is 36.3. The summed E-state index contributed by atoms with van der Waals surface area (Å²) in [5, 5.41) is 7.72. The molecule has 0 aliphatic heterocycles. The Hall–Kier alpha value is -4.69. The molecule has 10 nitrogen and oxygen atoms in total. The molecule has 4 aromatic heterocycles. The summed E-state index contributed by atoms with van der Waals surface area (Å²) < 4.78 is 7.21. The largest absolute Gasteiger partial charge is 0.494 e. The van der Waals surface area contributed by atoms with Gasteiger partial charge in [-0.05, 0) is 49.4 Å². The summed E-state index contributed by atoms with van der Waals surface area (Å²) >= 11 is 1.26. The topological polar surface area (TPSA) is 121 Å². The molecule has 1 aromatic carbocycles. The van der Waals surface area contributed by atoms with Gasteiger partial charge >= 0.3 is 0 Å². The fraction of sp³-hybridized carbons (Fsp3) is 0.222. The van der Waals surface area contributed by atoms with Gasteiger partial charge in [-0.3, -0.25) is 19.8 Å². The molecule has 0 unspecified atom stereocenters. The summed E-state index contributed by atoms with van der Waals surface area (Å²) in [6.07, 6.45) is 7.18. The monoisotopic (exact) mass is 522 g/mol. The first-order valence-corrected chi connectivity index (χ1v) is 12.8. The van der Waals surface area contributed by atoms with E-state index in [0.717, 1.165) is 29.7 Å². The van der Waals surface area contributed by atoms with Gasteiger partial charge in [-0.15, -0.1) is 0 Å². The summed E-state index contributed by atoms with van der Waals surface area (Å²) in [5.74, 6) is 7.50. The van der Waals surface area contributed by atoms with Crippen LogP contribution in [0, 0.1) is 24.7 Å². The summed E-state index contributed by atoms with van der Waals surface area (Å²) in [6.45, 7) is 1.89. The molecule has 0 saturated heterocycles. The van der Waals surface area contributed by atoms with E-state index >= 15 is 0 Å². The van der Waals surface area contributed by atoms with Gasteiger partial charge in [0.1, 0.15) is 17.8 Å². The van der Waals surface area contributed by atoms with Crippen molar-refractivity contribution in [2.75, 3.05) is 12.4 Å². The van der Waals surface area contributed by atoms with Crippen molar-refractivity contribution in [1.82, 2.24) is 34.7 Å². The first-order valence-electron chi connectivity index (χ1n) is 11.9. The number of hydrogen-bond donors (Lipinski definition) is 1. The van der Waals surface area contributed by atoms with Crippen molar-refractivity contribution in [2.24, 2.45) is 13.0 Å². The van der Waals surface area contributed by atoms with Gasteiger partial charge in [-0.2, -0.15) is 10.1 Å². The van der Waals surface area contributed by atoms with E-state index in [0.29, 0.717) is 49.9 Å². The summed E-state index contributed by atoms with van der Waals surface area (Å²) in [7, 11) is 3.38. The van der Waals surface area contributed by atoms with Gasteiger partial charge in [0, 0.05) is 35.3 Å². The summed E-state index contributed by atoms with van der Waals surface area (Å²) in [6, 6.07) is 7.34. The third kappa shape index (κ3) is 4.81. The second kappa shape index (κ2) is 9.64. The number of benzene rings is 1. The minimum absolute atomic E-state index is 0.329. The van der Waals surface area contributed by atoms with E-state index in [1.54, 1.807) is 43.6 Å². The molecule has 1 amide bonds. The smallest absolute Gasteiger partial charge is 0.258 e. The number of methoxy groups -OCH3 is 1. The number of aryl methyl sites for hydroxylation is 2. The van der Waals surface area contributed by atoms with Gasteiger partial charge in [0.25, 0.3) is 5.91 Å². The number of pyridine rings is 1. The van der Waals surface area contributed by atoms with Crippen molar-refractivity contribution in [1.29, 1.82) is 0 Å². The van der Waals surface area contributed by atoms with Crippen LogP contribution in [0.1, 0.15) is 34.6 Å². The van der Waals surface area contributed by atoms with Gasteiger partial charge < -0.3 is 4.74 Å². The Morgan fingerprint density at radius 1 is 1.13 bits per heavy atom. The van der Waals surface area contributed by atoms with Crippen LogP contribution in [-0.2, 0) is 7.05 Å². The molecule has 1 fully saturated rings. The Bertz CT molecular complexity index is 1760. The van der Waals surface area contributed by atoms with Crippen molar-refractivity contribution in [3.63, 3.8) is 0 Å². The maximum Gasteiger partial charge on any atom is 0.258 e. The Balaban J connectivity index is 1.37. The van der Waals surface area contributed by atoms with Crippen molar-refractivity contribution >= 4 is 32.9 Å². The average molecular weight is 523 g/mol. The average Bonchev–Trinajstić information content (AvgIpc) is 3.51. The van der Waals surface area contributed by atoms with Gasteiger partial charge in [0.15, 0.2) is 21.4 Å². The molecular formula is C27H22N8O2S. The molecule has 188 valence electrons. The molecular weight excluding hydrogens is 500 g/mol. The fourth-order valence-electron chi connectivity index (χ4n) is 3.90. The first kappa shape index (κ1) is 23.7. The van der Waals surface area contributed by atoms with Gasteiger partial charge in [-0.1, -0.05) is 23.3 Å². The number of rotatable bonds is 5. The molecule has 0 radical (unpaired) electrons. The summed E-state index contributed by atoms with van der Waals surface area (Å²) in [5.41, 5.74) is 4.45. The molecule has 11 heteroatoms. The lowest BCUT2D eigenvalue weighted by atomic mass is 9.96. The van der Waals surface area contributed by atoms with Crippen LogP contribution in [-0.4, -0.2) is 47.7 Å². The normalized spacial score (nSPS) is 12.7. The molecule has 0 spiro atoms. The molecule has 1 aliphatic rings. The van der Waals surface area contributed by atoms with E-state index in [1.165, 1.54) is 11.3 Å². The molecule has 1 aliphatic carbocycles. The number of hydrogen-bond acceptors (Lipinski definition) is 9. The SMILES string of the molecule is COc1cnc(C)cc1-c1cc(-c2ncn(C)n2)ccc1C(=O)Nc1nc2ncc(C#CC3CC3)nc2s1. The molecule has 4 heterocycles. The van der Waals surface area contributed by atoms with Crippen LogP contribution < -0.4 is 10.1 Å². The molecule has 0 bridgehead atoms. The highest BCUT2D eigenvalue weighted by atomic mass is 32.1. The van der Waals surface area contributed by atoms with Crippen LogP contribution in [0.4, 0.5) is 5.13 Å². The molecule has 5 aromatic rings. The third-order valence-electron chi connectivity index (χ3n) is 5.96. The van der Waals surface area contributed by atoms with Crippen LogP contribution in [0.2, 0.25) is 0 Å². The number of nitrogens with one attached hydrogen (secondary N) is 1. The zero-order chi connectivity index (χ0) is 26.2. The molecule has 6 rings (SSSR count). The molecule has 38 heavy (non-hydrogen) atoms. The van der Waals surface area contributed by atoms with E-state index in [4.69, 9.17) is 4.74 Å². The van der Waals surface area contributed by atoms with Crippen molar-refractivity contribution in [2.45, 2.75) is 19.8 Å². The lowest BCUT2D eigenvalue weighted by Gasteiger charge is -2.14. The predicted octanol–water partition coefficient (Wildman–Crippen LogP) is 4.27. The first-order chi connectivity index (χ1) is 18.5. The zero-order valence-electron chi connectivity index (χ0n) is 20.9. The Morgan fingerprint density at radius 2 is 2.00 bits per heavy atom. The van der Waals surface area contributed by atoms with E-state index < -0.39 is 0 Å². The minimum atomic E-state index is -0.329. The van der Waals surface area contributed by atoms with Gasteiger partial charge in [-0.25, -0.2) is 15.0 Å². The van der Waals surface area contributed by atoms with E-state index in [2.05, 4.69) is 47.2 Å². The number of aromatic nitrogens is 7. The Morgan fingerprint density at radius 3 is 2.76 bits per heavy atom. The maximum atomic E-state index is 13.6. The number of thiazole rings is 1. The van der Waals surface area contributed by atoms with Crippen LogP contribution in [0.15, 0.2) is 43.0 Å². The number of carbonyl (C=O) groups is 1. The highest BCUT2D eigenvalue weighted by molar-refractivity contribution is 7.21. The van der Waals surface area contributed by atoms with Crippen LogP contribution in [0.5, 0.6) is 5.75 Å².